The van der Waals surface area contributed by atoms with E-state index in [4.69, 9.17) is 4.74 Å². The molecule has 0 bridgehead atoms. The Morgan fingerprint density at radius 2 is 1.81 bits per heavy atom. The molecule has 0 radical (unpaired) electrons. The second-order valence-corrected chi connectivity index (χ2v) is 8.92. The maximum absolute atomic E-state index is 12.6. The van der Waals surface area contributed by atoms with E-state index in [1.165, 1.54) is 0 Å². The summed E-state index contributed by atoms with van der Waals surface area (Å²) in [6.07, 6.45) is 3.92. The zero-order valence-electron chi connectivity index (χ0n) is 18.6. The maximum Gasteiger partial charge on any atom is 0.251 e. The van der Waals surface area contributed by atoms with Crippen LogP contribution in [0, 0.1) is 19.8 Å². The number of nitrogens with one attached hydrogen (secondary N) is 1. The molecule has 0 spiro atoms. The highest BCUT2D eigenvalue weighted by molar-refractivity contribution is 5.94. The summed E-state index contributed by atoms with van der Waals surface area (Å²) in [4.78, 5) is 26.7. The number of benzene rings is 1. The Balaban J connectivity index is 1.24. The smallest absolute Gasteiger partial charge is 0.251 e. The molecule has 1 saturated carbocycles. The molecule has 1 N–H and O–H groups in total. The fraction of sp³-hybridized carbons (Fsp3) is 0.542. The molecule has 2 aliphatic rings. The van der Waals surface area contributed by atoms with Gasteiger partial charge in [0.05, 0.1) is 12.2 Å². The van der Waals surface area contributed by atoms with Crippen molar-refractivity contribution in [3.8, 4) is 5.75 Å². The van der Waals surface area contributed by atoms with Crippen molar-refractivity contribution in [1.82, 2.24) is 20.0 Å². The number of nitrogens with zero attached hydrogens (tertiary/aromatic N) is 3. The third-order valence-corrected chi connectivity index (χ3v) is 6.03. The molecule has 7 nitrogen and oxygen atoms in total. The van der Waals surface area contributed by atoms with Gasteiger partial charge in [-0.15, -0.1) is 0 Å². The number of hydrogen-bond donors (Lipinski definition) is 1. The minimum absolute atomic E-state index is 0.0371. The average molecular weight is 425 g/mol. The molecule has 1 atom stereocenters. The number of carbonyl (C=O) groups excluding carboxylic acids is 2. The van der Waals surface area contributed by atoms with Gasteiger partial charge in [0.1, 0.15) is 11.9 Å². The molecule has 2 amide bonds. The number of hydrogen-bond acceptors (Lipinski definition) is 4. The number of aromatic nitrogens is 2. The van der Waals surface area contributed by atoms with Crippen molar-refractivity contribution in [2.75, 3.05) is 13.1 Å². The van der Waals surface area contributed by atoms with E-state index in [1.807, 2.05) is 48.6 Å². The lowest BCUT2D eigenvalue weighted by atomic mass is 10.1. The number of carbonyl (C=O) groups is 2. The van der Waals surface area contributed by atoms with Crippen LogP contribution in [0.4, 0.5) is 0 Å². The van der Waals surface area contributed by atoms with Crippen molar-refractivity contribution in [2.24, 2.45) is 5.92 Å². The van der Waals surface area contributed by atoms with Crippen LogP contribution in [0.3, 0.4) is 0 Å². The van der Waals surface area contributed by atoms with Crippen molar-refractivity contribution in [3.05, 3.63) is 47.3 Å². The van der Waals surface area contributed by atoms with E-state index >= 15 is 0 Å². The van der Waals surface area contributed by atoms with Crippen LogP contribution in [0.15, 0.2) is 30.3 Å². The van der Waals surface area contributed by atoms with E-state index in [0.717, 1.165) is 55.9 Å². The topological polar surface area (TPSA) is 76.5 Å². The summed E-state index contributed by atoms with van der Waals surface area (Å²) in [5.41, 5.74) is 2.67. The highest BCUT2D eigenvalue weighted by Gasteiger charge is 2.35. The van der Waals surface area contributed by atoms with Gasteiger partial charge in [0, 0.05) is 49.1 Å². The van der Waals surface area contributed by atoms with Crippen molar-refractivity contribution in [2.45, 2.75) is 65.1 Å². The largest absolute Gasteiger partial charge is 0.490 e. The van der Waals surface area contributed by atoms with Crippen LogP contribution in [-0.2, 0) is 11.3 Å². The predicted octanol–water partition coefficient (Wildman–Crippen LogP) is 3.10. The Kier molecular flexibility index (Phi) is 6.30. The first-order chi connectivity index (χ1) is 14.9. The molecule has 2 aromatic rings. The molecule has 4 rings (SSSR count). The van der Waals surface area contributed by atoms with E-state index in [-0.39, 0.29) is 24.0 Å². The van der Waals surface area contributed by atoms with Crippen LogP contribution >= 0.6 is 0 Å². The van der Waals surface area contributed by atoms with Crippen LogP contribution in [0.1, 0.15) is 54.4 Å². The fourth-order valence-corrected chi connectivity index (χ4v) is 4.13. The summed E-state index contributed by atoms with van der Waals surface area (Å²) >= 11 is 0. The lowest BCUT2D eigenvalue weighted by molar-refractivity contribution is -0.134. The second-order valence-electron chi connectivity index (χ2n) is 8.92. The Bertz CT molecular complexity index is 925. The van der Waals surface area contributed by atoms with Gasteiger partial charge in [-0.3, -0.25) is 14.3 Å². The minimum atomic E-state index is -0.104. The highest BCUT2D eigenvalue weighted by atomic mass is 16.5. The summed E-state index contributed by atoms with van der Waals surface area (Å²) < 4.78 is 8.01. The molecule has 166 valence electrons. The van der Waals surface area contributed by atoms with E-state index in [0.29, 0.717) is 18.0 Å². The number of rotatable bonds is 7. The van der Waals surface area contributed by atoms with Crippen LogP contribution in [0.2, 0.25) is 0 Å². The Hall–Kier alpha value is -2.83. The van der Waals surface area contributed by atoms with Gasteiger partial charge in [0.25, 0.3) is 5.91 Å². The van der Waals surface area contributed by atoms with Gasteiger partial charge in [-0.05, 0) is 63.9 Å². The van der Waals surface area contributed by atoms with E-state index in [1.54, 1.807) is 12.1 Å². The molecule has 1 aliphatic heterocycles. The molecule has 1 aromatic heterocycles. The molecule has 1 aromatic carbocycles. The number of ether oxygens (including phenoxy) is 1. The SMILES string of the molecule is Cc1cc(C)n(C[C@@H](C)NC(=O)c2ccc(OC3CCN(C(=O)C4CC4)CC3)cc2)n1. The molecule has 2 fully saturated rings. The zero-order chi connectivity index (χ0) is 22.0. The fourth-order valence-electron chi connectivity index (χ4n) is 4.13. The summed E-state index contributed by atoms with van der Waals surface area (Å²) in [7, 11) is 0. The molecular weight excluding hydrogens is 392 g/mol. The molecule has 0 unspecified atom stereocenters. The van der Waals surface area contributed by atoms with Crippen molar-refractivity contribution < 1.29 is 14.3 Å². The first-order valence-corrected chi connectivity index (χ1v) is 11.3. The quantitative estimate of drug-likeness (QED) is 0.741. The molecule has 1 saturated heterocycles. The number of piperidine rings is 1. The van der Waals surface area contributed by atoms with Gasteiger partial charge < -0.3 is 15.0 Å². The molecule has 31 heavy (non-hydrogen) atoms. The third-order valence-electron chi connectivity index (χ3n) is 6.03. The molecule has 1 aliphatic carbocycles. The summed E-state index contributed by atoms with van der Waals surface area (Å²) in [5.74, 6) is 1.26. The summed E-state index contributed by atoms with van der Waals surface area (Å²) in [6.45, 7) is 8.14. The molecule has 2 heterocycles. The van der Waals surface area contributed by atoms with Crippen LogP contribution in [0.25, 0.3) is 0 Å². The second kappa shape index (κ2) is 9.12. The average Bonchev–Trinajstić information content (AvgIpc) is 3.54. The third kappa shape index (κ3) is 5.46. The lowest BCUT2D eigenvalue weighted by Crippen LogP contribution is -2.42. The van der Waals surface area contributed by atoms with E-state index < -0.39 is 0 Å². The van der Waals surface area contributed by atoms with E-state index in [2.05, 4.69) is 10.4 Å². The van der Waals surface area contributed by atoms with Gasteiger partial charge in [-0.1, -0.05) is 0 Å². The molecule has 7 heteroatoms. The molecular formula is C24H32N4O3. The lowest BCUT2D eigenvalue weighted by Gasteiger charge is -2.32. The maximum atomic E-state index is 12.6. The normalized spacial score (nSPS) is 18.0. The van der Waals surface area contributed by atoms with Crippen LogP contribution in [-0.4, -0.2) is 51.7 Å². The first-order valence-electron chi connectivity index (χ1n) is 11.3. The number of likely N-dealkylation sites (tertiary alicyclic amines) is 1. The summed E-state index contributed by atoms with van der Waals surface area (Å²) in [5, 5.41) is 7.48. The van der Waals surface area contributed by atoms with Crippen molar-refractivity contribution in [1.29, 1.82) is 0 Å². The van der Waals surface area contributed by atoms with Gasteiger partial charge in [-0.25, -0.2) is 0 Å². The van der Waals surface area contributed by atoms with Crippen LogP contribution < -0.4 is 10.1 Å². The Morgan fingerprint density at radius 3 is 2.39 bits per heavy atom. The van der Waals surface area contributed by atoms with Gasteiger partial charge in [-0.2, -0.15) is 5.10 Å². The van der Waals surface area contributed by atoms with Crippen LogP contribution in [0.5, 0.6) is 5.75 Å². The Morgan fingerprint density at radius 1 is 1.13 bits per heavy atom. The monoisotopic (exact) mass is 424 g/mol. The van der Waals surface area contributed by atoms with E-state index in [9.17, 15) is 9.59 Å². The predicted molar refractivity (Wildman–Crippen MR) is 118 cm³/mol. The van der Waals surface area contributed by atoms with Crippen molar-refractivity contribution in [3.63, 3.8) is 0 Å². The van der Waals surface area contributed by atoms with Crippen molar-refractivity contribution >= 4 is 11.8 Å². The number of aryl methyl sites for hydroxylation is 2. The highest BCUT2D eigenvalue weighted by Crippen LogP contribution is 2.32. The zero-order valence-corrected chi connectivity index (χ0v) is 18.6. The first kappa shape index (κ1) is 21.4. The number of amides is 2. The summed E-state index contributed by atoms with van der Waals surface area (Å²) in [6, 6.07) is 9.29. The Labute approximate surface area is 183 Å². The van der Waals surface area contributed by atoms with Gasteiger partial charge in [0.2, 0.25) is 5.91 Å². The standard InChI is InChI=1S/C24H32N4O3/c1-16-14-18(3)28(26-16)15-17(2)25-23(29)19-6-8-21(9-7-19)31-22-10-12-27(13-11-22)24(30)20-4-5-20/h6-9,14,17,20,22H,4-5,10-13,15H2,1-3H3,(H,25,29)/t17-/m1/s1. The van der Waals surface area contributed by atoms with Gasteiger partial charge in [0.15, 0.2) is 0 Å². The van der Waals surface area contributed by atoms with Gasteiger partial charge >= 0.3 is 0 Å². The minimum Gasteiger partial charge on any atom is -0.490 e.